The first-order valence-corrected chi connectivity index (χ1v) is 8.16. The number of aromatic nitrogens is 4. The Kier molecular flexibility index (Phi) is 3.26. The number of imidazole rings is 1. The van der Waals surface area contributed by atoms with Crippen molar-refractivity contribution in [2.24, 2.45) is 7.05 Å². The molecular weight excluding hydrogens is 360 g/mol. The van der Waals surface area contributed by atoms with Crippen molar-refractivity contribution in [3.05, 3.63) is 34.6 Å². The Morgan fingerprint density at radius 1 is 1.22 bits per heavy atom. The second kappa shape index (κ2) is 5.19. The molecule has 4 rings (SSSR count). The van der Waals surface area contributed by atoms with Crippen LogP contribution < -0.4 is 4.74 Å². The number of hydrogen-bond donors (Lipinski definition) is 0. The minimum absolute atomic E-state index is 0.138. The molecule has 0 aliphatic carbocycles. The lowest BCUT2D eigenvalue weighted by molar-refractivity contribution is 0.233. The summed E-state index contributed by atoms with van der Waals surface area (Å²) < 4.78 is 14.0. The van der Waals surface area contributed by atoms with Crippen LogP contribution in [0.3, 0.4) is 0 Å². The average molecular weight is 375 g/mol. The lowest BCUT2D eigenvalue weighted by atomic mass is 9.97. The molecule has 2 aromatic heterocycles. The number of para-hydroxylation sites is 1. The minimum Gasteiger partial charge on any atom is -0.489 e. The van der Waals surface area contributed by atoms with E-state index in [4.69, 9.17) is 9.26 Å². The number of halogens is 1. The van der Waals surface area contributed by atoms with E-state index in [9.17, 15) is 0 Å². The van der Waals surface area contributed by atoms with Gasteiger partial charge >= 0.3 is 0 Å². The van der Waals surface area contributed by atoms with Gasteiger partial charge in [0.25, 0.3) is 5.89 Å². The second-order valence-electron chi connectivity index (χ2n) is 5.76. The molecule has 2 atom stereocenters. The van der Waals surface area contributed by atoms with Gasteiger partial charge in [-0.1, -0.05) is 24.2 Å². The van der Waals surface area contributed by atoms with Crippen LogP contribution in [0.25, 0.3) is 23.1 Å². The summed E-state index contributed by atoms with van der Waals surface area (Å²) >= 11 is 3.35. The highest BCUT2D eigenvalue weighted by Gasteiger charge is 2.31. The highest BCUT2D eigenvalue weighted by Crippen LogP contribution is 2.44. The fourth-order valence-electron chi connectivity index (χ4n) is 2.82. The number of benzene rings is 1. The number of rotatable bonds is 2. The van der Waals surface area contributed by atoms with Gasteiger partial charge in [-0.3, -0.25) is 0 Å². The van der Waals surface area contributed by atoms with Crippen LogP contribution in [0.4, 0.5) is 0 Å². The summed E-state index contributed by atoms with van der Waals surface area (Å²) in [6, 6.07) is 6.02. The Balaban J connectivity index is 1.78. The van der Waals surface area contributed by atoms with E-state index in [1.54, 1.807) is 0 Å². The largest absolute Gasteiger partial charge is 0.489 e. The molecule has 3 aromatic rings. The Bertz CT molecular complexity index is 886. The summed E-state index contributed by atoms with van der Waals surface area (Å²) in [6.07, 6.45) is 1.98. The normalized spacial score (nSPS) is 19.7. The molecule has 1 aliphatic rings. The van der Waals surface area contributed by atoms with Crippen molar-refractivity contribution in [2.45, 2.75) is 25.9 Å². The SMILES string of the molecule is CC1Oc2c(-c3nc(-c4nc(Br)cn4C)no3)cccc2C1C. The van der Waals surface area contributed by atoms with Gasteiger partial charge < -0.3 is 13.8 Å². The van der Waals surface area contributed by atoms with Gasteiger partial charge in [-0.15, -0.1) is 0 Å². The van der Waals surface area contributed by atoms with E-state index in [1.807, 2.05) is 29.9 Å². The number of aryl methyl sites for hydroxylation is 1. The highest BCUT2D eigenvalue weighted by molar-refractivity contribution is 9.10. The van der Waals surface area contributed by atoms with Crippen LogP contribution in [-0.2, 0) is 7.05 Å². The smallest absolute Gasteiger partial charge is 0.262 e. The van der Waals surface area contributed by atoms with Crippen molar-refractivity contribution < 1.29 is 9.26 Å². The van der Waals surface area contributed by atoms with E-state index < -0.39 is 0 Å². The average Bonchev–Trinajstić information content (AvgIpc) is 3.19. The lowest BCUT2D eigenvalue weighted by Gasteiger charge is -2.07. The Morgan fingerprint density at radius 2 is 2.04 bits per heavy atom. The number of fused-ring (bicyclic) bond motifs is 1. The van der Waals surface area contributed by atoms with Crippen LogP contribution in [0.2, 0.25) is 0 Å². The summed E-state index contributed by atoms with van der Waals surface area (Å²) in [6.45, 7) is 4.23. The fraction of sp³-hybridized carbons (Fsp3) is 0.312. The molecule has 23 heavy (non-hydrogen) atoms. The summed E-state index contributed by atoms with van der Waals surface area (Å²) in [7, 11) is 1.88. The third kappa shape index (κ3) is 2.26. The number of nitrogens with zero attached hydrogens (tertiary/aromatic N) is 4. The molecule has 0 N–H and O–H groups in total. The molecule has 1 aliphatic heterocycles. The maximum absolute atomic E-state index is 5.99. The van der Waals surface area contributed by atoms with Crippen LogP contribution in [0, 0.1) is 0 Å². The first-order chi connectivity index (χ1) is 11.0. The lowest BCUT2D eigenvalue weighted by Crippen LogP contribution is -2.10. The molecule has 2 unspecified atom stereocenters. The maximum atomic E-state index is 5.99. The van der Waals surface area contributed by atoms with Crippen molar-refractivity contribution in [2.75, 3.05) is 0 Å². The van der Waals surface area contributed by atoms with Crippen LogP contribution in [0.1, 0.15) is 25.3 Å². The van der Waals surface area contributed by atoms with Crippen molar-refractivity contribution in [3.63, 3.8) is 0 Å². The molecule has 118 valence electrons. The molecule has 0 saturated carbocycles. The van der Waals surface area contributed by atoms with Crippen LogP contribution >= 0.6 is 15.9 Å². The third-order valence-electron chi connectivity index (χ3n) is 4.25. The second-order valence-corrected chi connectivity index (χ2v) is 6.57. The van der Waals surface area contributed by atoms with Crippen molar-refractivity contribution >= 4 is 15.9 Å². The molecule has 0 saturated heterocycles. The molecule has 0 amide bonds. The highest BCUT2D eigenvalue weighted by atomic mass is 79.9. The molecule has 3 heterocycles. The van der Waals surface area contributed by atoms with Gasteiger partial charge in [0.1, 0.15) is 16.5 Å². The van der Waals surface area contributed by atoms with Crippen molar-refractivity contribution in [1.29, 1.82) is 0 Å². The van der Waals surface area contributed by atoms with Gasteiger partial charge in [0, 0.05) is 24.7 Å². The van der Waals surface area contributed by atoms with E-state index in [-0.39, 0.29) is 6.10 Å². The van der Waals surface area contributed by atoms with E-state index in [2.05, 4.69) is 51.0 Å². The summed E-state index contributed by atoms with van der Waals surface area (Å²) in [4.78, 5) is 8.84. The van der Waals surface area contributed by atoms with Crippen LogP contribution in [-0.4, -0.2) is 25.8 Å². The van der Waals surface area contributed by atoms with E-state index in [0.29, 0.717) is 23.5 Å². The van der Waals surface area contributed by atoms with Crippen LogP contribution in [0.15, 0.2) is 33.5 Å². The molecule has 0 fully saturated rings. The molecular formula is C16H15BrN4O2. The molecule has 0 spiro atoms. The topological polar surface area (TPSA) is 66.0 Å². The summed E-state index contributed by atoms with van der Waals surface area (Å²) in [5, 5.41) is 4.05. The molecule has 1 aromatic carbocycles. The van der Waals surface area contributed by atoms with Gasteiger partial charge in [-0.25, -0.2) is 4.98 Å². The number of hydrogen-bond acceptors (Lipinski definition) is 5. The van der Waals surface area contributed by atoms with Gasteiger partial charge in [-0.2, -0.15) is 4.98 Å². The number of ether oxygens (including phenoxy) is 1. The maximum Gasteiger partial charge on any atom is 0.262 e. The Morgan fingerprint density at radius 3 is 2.78 bits per heavy atom. The van der Waals surface area contributed by atoms with Gasteiger partial charge in [0.2, 0.25) is 5.82 Å². The first kappa shape index (κ1) is 14.4. The Labute approximate surface area is 141 Å². The van der Waals surface area contributed by atoms with E-state index >= 15 is 0 Å². The first-order valence-electron chi connectivity index (χ1n) is 7.37. The molecule has 6 nitrogen and oxygen atoms in total. The standard InChI is InChI=1S/C16H15BrN4O2/c1-8-9(2)22-13-10(8)5-4-6-11(13)16-19-14(20-23-16)15-18-12(17)7-21(15)3/h4-9H,1-3H3. The van der Waals surface area contributed by atoms with Crippen molar-refractivity contribution in [1.82, 2.24) is 19.7 Å². The Hall–Kier alpha value is -2.15. The molecule has 7 heteroatoms. The fourth-order valence-corrected chi connectivity index (χ4v) is 3.29. The molecule has 0 bridgehead atoms. The van der Waals surface area contributed by atoms with Gasteiger partial charge in [0.15, 0.2) is 5.82 Å². The predicted molar refractivity (Wildman–Crippen MR) is 88.1 cm³/mol. The third-order valence-corrected chi connectivity index (χ3v) is 4.63. The van der Waals surface area contributed by atoms with Crippen molar-refractivity contribution in [3.8, 4) is 28.9 Å². The van der Waals surface area contributed by atoms with E-state index in [1.165, 1.54) is 5.56 Å². The quantitative estimate of drug-likeness (QED) is 0.682. The van der Waals surface area contributed by atoms with E-state index in [0.717, 1.165) is 15.9 Å². The predicted octanol–water partition coefficient (Wildman–Crippen LogP) is 3.78. The summed E-state index contributed by atoms with van der Waals surface area (Å²) in [5.41, 5.74) is 2.00. The summed E-state index contributed by atoms with van der Waals surface area (Å²) in [5.74, 6) is 2.71. The zero-order valence-electron chi connectivity index (χ0n) is 12.9. The van der Waals surface area contributed by atoms with Crippen LogP contribution in [0.5, 0.6) is 5.75 Å². The zero-order chi connectivity index (χ0) is 16.1. The minimum atomic E-state index is 0.138. The van der Waals surface area contributed by atoms with Gasteiger partial charge in [-0.05, 0) is 28.9 Å². The molecule has 0 radical (unpaired) electrons. The monoisotopic (exact) mass is 374 g/mol. The van der Waals surface area contributed by atoms with Gasteiger partial charge in [0.05, 0.1) is 5.56 Å². The zero-order valence-corrected chi connectivity index (χ0v) is 14.5.